The van der Waals surface area contributed by atoms with Crippen LogP contribution in [0.4, 0.5) is 5.69 Å². The molecule has 26 heavy (non-hydrogen) atoms. The molecule has 1 aromatic heterocycles. The highest BCUT2D eigenvalue weighted by atomic mass is 32.2. The van der Waals surface area contributed by atoms with Gasteiger partial charge >= 0.3 is 0 Å². The van der Waals surface area contributed by atoms with Crippen LogP contribution in [0.1, 0.15) is 12.5 Å². The lowest BCUT2D eigenvalue weighted by atomic mass is 10.2. The van der Waals surface area contributed by atoms with Gasteiger partial charge in [-0.25, -0.2) is 0 Å². The van der Waals surface area contributed by atoms with E-state index in [9.17, 15) is 4.79 Å². The highest BCUT2D eigenvalue weighted by Gasteiger charge is 2.19. The number of carbonyl (C=O) groups is 1. The van der Waals surface area contributed by atoms with Gasteiger partial charge < -0.3 is 10.1 Å². The third kappa shape index (κ3) is 4.20. The molecule has 3 aromatic rings. The summed E-state index contributed by atoms with van der Waals surface area (Å²) in [6.07, 6.45) is 0. The Kier molecular flexibility index (Phi) is 5.52. The van der Waals surface area contributed by atoms with Gasteiger partial charge in [0.2, 0.25) is 11.1 Å². The second-order valence-corrected chi connectivity index (χ2v) is 6.99. The molecule has 1 amide bonds. The minimum absolute atomic E-state index is 0.108. The molecular weight excluding hydrogens is 350 g/mol. The van der Waals surface area contributed by atoms with Crippen LogP contribution < -0.4 is 10.1 Å². The molecule has 0 unspecified atom stereocenters. The van der Waals surface area contributed by atoms with Crippen LogP contribution in [0.5, 0.6) is 5.75 Å². The fraction of sp³-hybridized carbons (Fsp3) is 0.222. The molecule has 1 N–H and O–H groups in total. The molecule has 0 aliphatic heterocycles. The van der Waals surface area contributed by atoms with E-state index in [4.69, 9.17) is 4.74 Å². The number of tetrazole rings is 1. The Labute approximate surface area is 155 Å². The number of amides is 1. The molecule has 0 spiro atoms. The summed E-state index contributed by atoms with van der Waals surface area (Å²) in [7, 11) is 1.61. The lowest BCUT2D eigenvalue weighted by molar-refractivity contribution is -0.115. The van der Waals surface area contributed by atoms with Crippen LogP contribution in [-0.4, -0.2) is 38.5 Å². The largest absolute Gasteiger partial charge is 0.497 e. The fourth-order valence-electron chi connectivity index (χ4n) is 2.23. The van der Waals surface area contributed by atoms with E-state index in [0.29, 0.717) is 5.16 Å². The molecule has 0 bridgehead atoms. The number of aromatic nitrogens is 4. The molecule has 2 aromatic carbocycles. The fourth-order valence-corrected chi connectivity index (χ4v) is 3.04. The smallest absolute Gasteiger partial charge is 0.237 e. The van der Waals surface area contributed by atoms with Crippen molar-refractivity contribution < 1.29 is 9.53 Å². The number of hydrogen-bond donors (Lipinski definition) is 1. The Balaban J connectivity index is 1.69. The second kappa shape index (κ2) is 8.01. The second-order valence-electron chi connectivity index (χ2n) is 5.69. The normalized spacial score (nSPS) is 11.8. The molecule has 0 aliphatic rings. The molecule has 1 atom stereocenters. The molecule has 0 saturated heterocycles. The van der Waals surface area contributed by atoms with E-state index in [1.807, 2.05) is 62.4 Å². The van der Waals surface area contributed by atoms with E-state index < -0.39 is 0 Å². The molecule has 0 fully saturated rings. The first-order valence-electron chi connectivity index (χ1n) is 8.04. The van der Waals surface area contributed by atoms with Gasteiger partial charge in [0.15, 0.2) is 0 Å². The third-order valence-corrected chi connectivity index (χ3v) is 4.76. The minimum atomic E-state index is -0.362. The number of methoxy groups -OCH3 is 1. The maximum atomic E-state index is 12.4. The van der Waals surface area contributed by atoms with Crippen molar-refractivity contribution >= 4 is 23.4 Å². The van der Waals surface area contributed by atoms with Gasteiger partial charge in [-0.3, -0.25) is 4.79 Å². The number of nitrogens with one attached hydrogen (secondary N) is 1. The van der Waals surface area contributed by atoms with E-state index in [0.717, 1.165) is 22.7 Å². The average Bonchev–Trinajstić information content (AvgIpc) is 3.11. The Hall–Kier alpha value is -2.87. The summed E-state index contributed by atoms with van der Waals surface area (Å²) in [5.74, 6) is 0.644. The summed E-state index contributed by atoms with van der Waals surface area (Å²) in [5.41, 5.74) is 2.70. The van der Waals surface area contributed by atoms with Crippen LogP contribution in [0, 0.1) is 6.92 Å². The van der Waals surface area contributed by atoms with Gasteiger partial charge in [-0.05, 0) is 60.7 Å². The Morgan fingerprint density at radius 1 is 1.15 bits per heavy atom. The molecule has 0 radical (unpaired) electrons. The van der Waals surface area contributed by atoms with Crippen molar-refractivity contribution in [2.75, 3.05) is 12.4 Å². The van der Waals surface area contributed by atoms with Gasteiger partial charge in [-0.15, -0.1) is 5.10 Å². The average molecular weight is 369 g/mol. The Morgan fingerprint density at radius 2 is 1.85 bits per heavy atom. The number of nitrogens with zero attached hydrogens (tertiary/aromatic N) is 4. The minimum Gasteiger partial charge on any atom is -0.497 e. The molecule has 0 aliphatic carbocycles. The number of thioether (sulfide) groups is 1. The maximum absolute atomic E-state index is 12.4. The summed E-state index contributed by atoms with van der Waals surface area (Å²) in [6.45, 7) is 3.82. The zero-order valence-electron chi connectivity index (χ0n) is 14.7. The molecular formula is C18H19N5O2S. The highest BCUT2D eigenvalue weighted by Crippen LogP contribution is 2.24. The van der Waals surface area contributed by atoms with E-state index in [1.165, 1.54) is 11.8 Å². The number of aryl methyl sites for hydroxylation is 1. The first kappa shape index (κ1) is 17.9. The Bertz CT molecular complexity index is 877. The summed E-state index contributed by atoms with van der Waals surface area (Å²) >= 11 is 1.30. The van der Waals surface area contributed by atoms with E-state index in [1.54, 1.807) is 11.8 Å². The van der Waals surface area contributed by atoms with Crippen molar-refractivity contribution in [2.24, 2.45) is 0 Å². The SMILES string of the molecule is COc1ccc(-n2nnnc2S[C@@H](C)C(=O)Nc2ccc(C)cc2)cc1. The molecule has 1 heterocycles. The van der Waals surface area contributed by atoms with Crippen LogP contribution in [0.15, 0.2) is 53.7 Å². The molecule has 3 rings (SSSR count). The molecule has 8 heteroatoms. The van der Waals surface area contributed by atoms with Crippen molar-refractivity contribution in [1.29, 1.82) is 0 Å². The summed E-state index contributed by atoms with van der Waals surface area (Å²) in [5, 5.41) is 14.8. The predicted octanol–water partition coefficient (Wildman–Crippen LogP) is 3.10. The van der Waals surface area contributed by atoms with E-state index >= 15 is 0 Å². The Morgan fingerprint density at radius 3 is 2.50 bits per heavy atom. The highest BCUT2D eigenvalue weighted by molar-refractivity contribution is 8.00. The summed E-state index contributed by atoms with van der Waals surface area (Å²) < 4.78 is 6.75. The lowest BCUT2D eigenvalue weighted by Gasteiger charge is -2.12. The number of ether oxygens (including phenoxy) is 1. The van der Waals surface area contributed by atoms with Crippen LogP contribution in [0.3, 0.4) is 0 Å². The monoisotopic (exact) mass is 369 g/mol. The van der Waals surface area contributed by atoms with Crippen molar-refractivity contribution in [3.05, 3.63) is 54.1 Å². The van der Waals surface area contributed by atoms with Gasteiger partial charge in [0.05, 0.1) is 18.0 Å². The zero-order valence-corrected chi connectivity index (χ0v) is 15.5. The third-order valence-electron chi connectivity index (χ3n) is 3.73. The molecule has 7 nitrogen and oxygen atoms in total. The van der Waals surface area contributed by atoms with Crippen LogP contribution in [0.25, 0.3) is 5.69 Å². The number of rotatable bonds is 6. The van der Waals surface area contributed by atoms with Crippen LogP contribution in [-0.2, 0) is 4.79 Å². The number of benzene rings is 2. The van der Waals surface area contributed by atoms with E-state index in [2.05, 4.69) is 20.8 Å². The van der Waals surface area contributed by atoms with Crippen LogP contribution in [0.2, 0.25) is 0 Å². The predicted molar refractivity (Wildman–Crippen MR) is 101 cm³/mol. The van der Waals surface area contributed by atoms with Gasteiger partial charge in [0.1, 0.15) is 5.75 Å². The quantitative estimate of drug-likeness (QED) is 0.673. The van der Waals surface area contributed by atoms with Crippen molar-refractivity contribution in [1.82, 2.24) is 20.2 Å². The zero-order chi connectivity index (χ0) is 18.5. The standard InChI is InChI=1S/C18H19N5O2S/c1-12-4-6-14(7-5-12)19-17(24)13(2)26-18-20-21-22-23(18)15-8-10-16(25-3)11-9-15/h4-11,13H,1-3H3,(H,19,24)/t13-/m0/s1. The first-order chi connectivity index (χ1) is 12.6. The van der Waals surface area contributed by atoms with Crippen LogP contribution >= 0.6 is 11.8 Å². The molecule has 0 saturated carbocycles. The van der Waals surface area contributed by atoms with E-state index in [-0.39, 0.29) is 11.2 Å². The summed E-state index contributed by atoms with van der Waals surface area (Å²) in [4.78, 5) is 12.4. The molecule has 134 valence electrons. The van der Waals surface area contributed by atoms with Gasteiger partial charge in [0, 0.05) is 5.69 Å². The number of anilines is 1. The van der Waals surface area contributed by atoms with Gasteiger partial charge in [-0.1, -0.05) is 29.5 Å². The van der Waals surface area contributed by atoms with Crippen molar-refractivity contribution in [2.45, 2.75) is 24.3 Å². The lowest BCUT2D eigenvalue weighted by Crippen LogP contribution is -2.22. The number of carbonyl (C=O) groups excluding carboxylic acids is 1. The van der Waals surface area contributed by atoms with Crippen molar-refractivity contribution in [3.8, 4) is 11.4 Å². The maximum Gasteiger partial charge on any atom is 0.237 e. The van der Waals surface area contributed by atoms with Gasteiger partial charge in [-0.2, -0.15) is 4.68 Å². The first-order valence-corrected chi connectivity index (χ1v) is 8.92. The number of hydrogen-bond acceptors (Lipinski definition) is 6. The topological polar surface area (TPSA) is 81.9 Å². The van der Waals surface area contributed by atoms with Crippen molar-refractivity contribution in [3.63, 3.8) is 0 Å². The van der Waals surface area contributed by atoms with Gasteiger partial charge in [0.25, 0.3) is 0 Å². The summed E-state index contributed by atoms with van der Waals surface area (Å²) in [6, 6.07) is 15.1.